The van der Waals surface area contributed by atoms with Gasteiger partial charge in [-0.3, -0.25) is 4.79 Å². The van der Waals surface area contributed by atoms with Gasteiger partial charge >= 0.3 is 0 Å². The molecule has 3 rings (SSSR count). The van der Waals surface area contributed by atoms with E-state index in [1.807, 2.05) is 0 Å². The van der Waals surface area contributed by atoms with E-state index in [1.165, 1.54) is 25.7 Å². The lowest BCUT2D eigenvalue weighted by Gasteiger charge is -2.33. The fourth-order valence-corrected chi connectivity index (χ4v) is 3.64. The summed E-state index contributed by atoms with van der Waals surface area (Å²) in [5.41, 5.74) is 6.04. The molecule has 3 atom stereocenters. The van der Waals surface area contributed by atoms with Crippen molar-refractivity contribution in [2.45, 2.75) is 69.5 Å². The van der Waals surface area contributed by atoms with E-state index < -0.39 is 0 Å². The zero-order valence-electron chi connectivity index (χ0n) is 11.8. The second kappa shape index (κ2) is 5.80. The number of nitrogens with one attached hydrogen (secondary N) is 1. The molecule has 1 amide bonds. The van der Waals surface area contributed by atoms with Gasteiger partial charge in [0, 0.05) is 30.6 Å². The molecule has 2 aliphatic carbocycles. The third kappa shape index (κ3) is 3.29. The lowest BCUT2D eigenvalue weighted by atomic mass is 9.85. The SMILES string of the molecule is N[C@@H]1CCC[C@H](C(=O)N(C[C@H]2CCCN2)C2CC2)C1. The van der Waals surface area contributed by atoms with E-state index in [0.717, 1.165) is 38.8 Å². The molecule has 1 aliphatic heterocycles. The van der Waals surface area contributed by atoms with Gasteiger partial charge in [0.25, 0.3) is 0 Å². The van der Waals surface area contributed by atoms with Gasteiger partial charge in [0.05, 0.1) is 0 Å². The molecule has 0 bridgehead atoms. The molecule has 0 radical (unpaired) electrons. The molecule has 0 unspecified atom stereocenters. The van der Waals surface area contributed by atoms with E-state index in [-0.39, 0.29) is 12.0 Å². The van der Waals surface area contributed by atoms with Crippen LogP contribution in [0.2, 0.25) is 0 Å². The molecule has 2 saturated carbocycles. The molecule has 19 heavy (non-hydrogen) atoms. The van der Waals surface area contributed by atoms with Crippen LogP contribution in [0.3, 0.4) is 0 Å². The monoisotopic (exact) mass is 265 g/mol. The molecule has 1 saturated heterocycles. The van der Waals surface area contributed by atoms with Crippen LogP contribution in [0.25, 0.3) is 0 Å². The first kappa shape index (κ1) is 13.4. The van der Waals surface area contributed by atoms with Gasteiger partial charge in [-0.05, 0) is 51.5 Å². The van der Waals surface area contributed by atoms with Crippen molar-refractivity contribution >= 4 is 5.91 Å². The number of carbonyl (C=O) groups excluding carboxylic acids is 1. The standard InChI is InChI=1S/C15H27N3O/c16-12-4-1-3-11(9-12)15(19)18(14-6-7-14)10-13-5-2-8-17-13/h11-14,17H,1-10,16H2/t11-,12+,13+/m0/s1. The summed E-state index contributed by atoms with van der Waals surface area (Å²) in [4.78, 5) is 14.9. The number of amides is 1. The zero-order valence-corrected chi connectivity index (χ0v) is 11.8. The van der Waals surface area contributed by atoms with Crippen molar-refractivity contribution in [3.8, 4) is 0 Å². The first-order valence-corrected chi connectivity index (χ1v) is 8.03. The van der Waals surface area contributed by atoms with Crippen LogP contribution in [0.5, 0.6) is 0 Å². The summed E-state index contributed by atoms with van der Waals surface area (Å²) in [6, 6.07) is 1.31. The van der Waals surface area contributed by atoms with Crippen LogP contribution in [0.15, 0.2) is 0 Å². The average molecular weight is 265 g/mol. The first-order valence-electron chi connectivity index (χ1n) is 8.03. The summed E-state index contributed by atoms with van der Waals surface area (Å²) in [6.45, 7) is 2.04. The summed E-state index contributed by atoms with van der Waals surface area (Å²) >= 11 is 0. The molecule has 108 valence electrons. The number of carbonyl (C=O) groups is 1. The van der Waals surface area contributed by atoms with Crippen molar-refractivity contribution in [2.24, 2.45) is 11.7 Å². The Morgan fingerprint density at radius 2 is 2.00 bits per heavy atom. The van der Waals surface area contributed by atoms with E-state index in [4.69, 9.17) is 5.73 Å². The first-order chi connectivity index (χ1) is 9.24. The topological polar surface area (TPSA) is 58.4 Å². The second-order valence-corrected chi connectivity index (χ2v) is 6.64. The van der Waals surface area contributed by atoms with Gasteiger partial charge in [0.15, 0.2) is 0 Å². The Morgan fingerprint density at radius 3 is 2.63 bits per heavy atom. The van der Waals surface area contributed by atoms with Gasteiger partial charge in [-0.25, -0.2) is 0 Å². The maximum Gasteiger partial charge on any atom is 0.226 e. The third-order valence-electron chi connectivity index (χ3n) is 4.91. The van der Waals surface area contributed by atoms with Gasteiger partial charge < -0.3 is 16.0 Å². The highest BCUT2D eigenvalue weighted by atomic mass is 16.2. The van der Waals surface area contributed by atoms with E-state index in [1.54, 1.807) is 0 Å². The minimum atomic E-state index is 0.200. The van der Waals surface area contributed by atoms with Crippen molar-refractivity contribution in [3.05, 3.63) is 0 Å². The molecule has 1 heterocycles. The number of nitrogens with zero attached hydrogens (tertiary/aromatic N) is 1. The summed E-state index contributed by atoms with van der Waals surface area (Å²) in [6.07, 6.45) is 9.06. The van der Waals surface area contributed by atoms with Crippen molar-refractivity contribution in [3.63, 3.8) is 0 Å². The highest BCUT2D eigenvalue weighted by Crippen LogP contribution is 2.32. The van der Waals surface area contributed by atoms with Gasteiger partial charge in [-0.1, -0.05) is 6.42 Å². The van der Waals surface area contributed by atoms with Crippen LogP contribution in [-0.4, -0.2) is 42.0 Å². The van der Waals surface area contributed by atoms with Gasteiger partial charge in [-0.2, -0.15) is 0 Å². The summed E-state index contributed by atoms with van der Waals surface area (Å²) in [5.74, 6) is 0.595. The predicted octanol–water partition coefficient (Wildman–Crippen LogP) is 1.25. The maximum atomic E-state index is 12.8. The molecule has 4 heteroatoms. The molecule has 0 aromatic rings. The molecule has 3 N–H and O–H groups in total. The van der Waals surface area contributed by atoms with E-state index in [2.05, 4.69) is 10.2 Å². The number of rotatable bonds is 4. The molecule has 0 spiro atoms. The van der Waals surface area contributed by atoms with Crippen LogP contribution in [0, 0.1) is 5.92 Å². The average Bonchev–Trinajstić information content (AvgIpc) is 3.12. The van der Waals surface area contributed by atoms with Gasteiger partial charge in [0.2, 0.25) is 5.91 Å². The maximum absolute atomic E-state index is 12.8. The molecular weight excluding hydrogens is 238 g/mol. The lowest BCUT2D eigenvalue weighted by molar-refractivity contribution is -0.137. The Labute approximate surface area is 116 Å². The van der Waals surface area contributed by atoms with Crippen molar-refractivity contribution < 1.29 is 4.79 Å². The quantitative estimate of drug-likeness (QED) is 0.804. The van der Waals surface area contributed by atoms with E-state index in [0.29, 0.717) is 18.0 Å². The molecular formula is C15H27N3O. The third-order valence-corrected chi connectivity index (χ3v) is 4.91. The molecule has 4 nitrogen and oxygen atoms in total. The largest absolute Gasteiger partial charge is 0.338 e. The zero-order chi connectivity index (χ0) is 13.2. The summed E-state index contributed by atoms with van der Waals surface area (Å²) < 4.78 is 0. The molecule has 0 aromatic carbocycles. The fourth-order valence-electron chi connectivity index (χ4n) is 3.64. The Balaban J connectivity index is 1.60. The number of hydrogen-bond acceptors (Lipinski definition) is 3. The van der Waals surface area contributed by atoms with Crippen LogP contribution in [-0.2, 0) is 4.79 Å². The predicted molar refractivity (Wildman–Crippen MR) is 75.7 cm³/mol. The number of hydrogen-bond donors (Lipinski definition) is 2. The summed E-state index contributed by atoms with van der Waals surface area (Å²) in [7, 11) is 0. The van der Waals surface area contributed by atoms with Crippen LogP contribution in [0.4, 0.5) is 0 Å². The van der Waals surface area contributed by atoms with Gasteiger partial charge in [0.1, 0.15) is 0 Å². The van der Waals surface area contributed by atoms with E-state index in [9.17, 15) is 4.79 Å². The Morgan fingerprint density at radius 1 is 1.16 bits per heavy atom. The Hall–Kier alpha value is -0.610. The Bertz CT molecular complexity index is 323. The Kier molecular flexibility index (Phi) is 4.08. The van der Waals surface area contributed by atoms with Crippen molar-refractivity contribution in [2.75, 3.05) is 13.1 Å². The van der Waals surface area contributed by atoms with Crippen LogP contribution < -0.4 is 11.1 Å². The van der Waals surface area contributed by atoms with E-state index >= 15 is 0 Å². The molecule has 0 aromatic heterocycles. The highest BCUT2D eigenvalue weighted by molar-refractivity contribution is 5.79. The summed E-state index contributed by atoms with van der Waals surface area (Å²) in [5, 5.41) is 3.52. The lowest BCUT2D eigenvalue weighted by Crippen LogP contribution is -2.46. The van der Waals surface area contributed by atoms with Crippen molar-refractivity contribution in [1.29, 1.82) is 0 Å². The normalized spacial score (nSPS) is 35.3. The van der Waals surface area contributed by atoms with Crippen LogP contribution in [0.1, 0.15) is 51.4 Å². The van der Waals surface area contributed by atoms with Crippen LogP contribution >= 0.6 is 0 Å². The minimum Gasteiger partial charge on any atom is -0.338 e. The minimum absolute atomic E-state index is 0.200. The smallest absolute Gasteiger partial charge is 0.226 e. The van der Waals surface area contributed by atoms with Gasteiger partial charge in [-0.15, -0.1) is 0 Å². The number of nitrogens with two attached hydrogens (primary N) is 1. The molecule has 3 fully saturated rings. The fraction of sp³-hybridized carbons (Fsp3) is 0.933. The second-order valence-electron chi connectivity index (χ2n) is 6.64. The molecule has 3 aliphatic rings. The highest BCUT2D eigenvalue weighted by Gasteiger charge is 2.38. The van der Waals surface area contributed by atoms with Crippen molar-refractivity contribution in [1.82, 2.24) is 10.2 Å².